The van der Waals surface area contributed by atoms with Crippen LogP contribution in [0.5, 0.6) is 0 Å². The van der Waals surface area contributed by atoms with E-state index in [0.29, 0.717) is 11.5 Å². The maximum atomic E-state index is 4.32. The van der Waals surface area contributed by atoms with E-state index in [9.17, 15) is 0 Å². The Morgan fingerprint density at radius 3 is 2.86 bits per heavy atom. The maximum absolute atomic E-state index is 4.32. The van der Waals surface area contributed by atoms with Gasteiger partial charge in [-0.15, -0.1) is 0 Å². The molecular formula is C8H8BrN5. The number of aryl methyl sites for hydroxylation is 1. The SMILES string of the molecule is Cc1nc(-c2cn[nH]n2)ncc1CBr. The van der Waals surface area contributed by atoms with E-state index in [0.717, 1.165) is 16.6 Å². The van der Waals surface area contributed by atoms with Gasteiger partial charge in [0.05, 0.1) is 6.20 Å². The molecule has 6 heteroatoms. The van der Waals surface area contributed by atoms with Gasteiger partial charge in [-0.2, -0.15) is 15.4 Å². The van der Waals surface area contributed by atoms with Gasteiger partial charge in [-0.1, -0.05) is 15.9 Å². The van der Waals surface area contributed by atoms with E-state index in [2.05, 4.69) is 41.3 Å². The molecule has 0 saturated heterocycles. The van der Waals surface area contributed by atoms with Crippen molar-refractivity contribution < 1.29 is 0 Å². The third-order valence-electron chi connectivity index (χ3n) is 1.87. The molecule has 14 heavy (non-hydrogen) atoms. The van der Waals surface area contributed by atoms with Crippen LogP contribution in [0.25, 0.3) is 11.5 Å². The number of hydrogen-bond donors (Lipinski definition) is 1. The fourth-order valence-electron chi connectivity index (χ4n) is 1.06. The minimum atomic E-state index is 0.598. The number of nitrogens with zero attached hydrogens (tertiary/aromatic N) is 4. The van der Waals surface area contributed by atoms with E-state index in [1.165, 1.54) is 0 Å². The number of aromatic amines is 1. The maximum Gasteiger partial charge on any atom is 0.181 e. The van der Waals surface area contributed by atoms with E-state index in [1.807, 2.05) is 6.92 Å². The summed E-state index contributed by atoms with van der Waals surface area (Å²) >= 11 is 3.37. The molecule has 1 N–H and O–H groups in total. The first kappa shape index (κ1) is 9.26. The van der Waals surface area contributed by atoms with Crippen molar-refractivity contribution >= 4 is 15.9 Å². The predicted octanol–water partition coefficient (Wildman–Crippen LogP) is 1.47. The monoisotopic (exact) mass is 253 g/mol. The number of alkyl halides is 1. The molecular weight excluding hydrogens is 246 g/mol. The third-order valence-corrected chi connectivity index (χ3v) is 2.47. The van der Waals surface area contributed by atoms with Crippen LogP contribution in [0, 0.1) is 6.92 Å². The summed E-state index contributed by atoms with van der Waals surface area (Å²) in [5.74, 6) is 0.598. The number of H-pyrrole nitrogens is 1. The van der Waals surface area contributed by atoms with E-state index >= 15 is 0 Å². The van der Waals surface area contributed by atoms with Crippen LogP contribution < -0.4 is 0 Å². The van der Waals surface area contributed by atoms with Gasteiger partial charge in [-0.25, -0.2) is 9.97 Å². The predicted molar refractivity (Wildman–Crippen MR) is 54.8 cm³/mol. The summed E-state index contributed by atoms with van der Waals surface area (Å²) in [4.78, 5) is 8.51. The molecule has 72 valence electrons. The first-order valence-electron chi connectivity index (χ1n) is 4.06. The molecule has 0 atom stereocenters. The lowest BCUT2D eigenvalue weighted by atomic mass is 10.3. The summed E-state index contributed by atoms with van der Waals surface area (Å²) in [6.45, 7) is 1.95. The molecule has 0 aliphatic rings. The van der Waals surface area contributed by atoms with Crippen LogP contribution in [0.3, 0.4) is 0 Å². The topological polar surface area (TPSA) is 67.3 Å². The summed E-state index contributed by atoms with van der Waals surface area (Å²) in [6, 6.07) is 0. The molecule has 0 aliphatic carbocycles. The number of hydrogen-bond acceptors (Lipinski definition) is 4. The van der Waals surface area contributed by atoms with Crippen molar-refractivity contribution in [3.63, 3.8) is 0 Å². The molecule has 0 aliphatic heterocycles. The third kappa shape index (κ3) is 1.65. The lowest BCUT2D eigenvalue weighted by Crippen LogP contribution is -1.96. The number of aromatic nitrogens is 5. The van der Waals surface area contributed by atoms with Crippen molar-refractivity contribution in [2.45, 2.75) is 12.3 Å². The molecule has 2 heterocycles. The average Bonchev–Trinajstić information content (AvgIpc) is 2.70. The minimum Gasteiger partial charge on any atom is -0.235 e. The van der Waals surface area contributed by atoms with Crippen LogP contribution in [-0.2, 0) is 5.33 Å². The van der Waals surface area contributed by atoms with Crippen molar-refractivity contribution in [2.75, 3.05) is 0 Å². The van der Waals surface area contributed by atoms with Gasteiger partial charge >= 0.3 is 0 Å². The standard InChI is InChI=1S/C8H8BrN5/c1-5-6(2-9)3-10-8(12-5)7-4-11-14-13-7/h3-4H,2H2,1H3,(H,11,13,14). The zero-order valence-corrected chi connectivity index (χ0v) is 9.11. The van der Waals surface area contributed by atoms with Gasteiger partial charge in [-0.05, 0) is 6.92 Å². The zero-order chi connectivity index (χ0) is 9.97. The van der Waals surface area contributed by atoms with Gasteiger partial charge in [0, 0.05) is 22.8 Å². The van der Waals surface area contributed by atoms with Crippen molar-refractivity contribution in [3.8, 4) is 11.5 Å². The molecule has 0 fully saturated rings. The molecule has 2 aromatic rings. The van der Waals surface area contributed by atoms with Crippen LogP contribution in [0.4, 0.5) is 0 Å². The van der Waals surface area contributed by atoms with Crippen molar-refractivity contribution in [3.05, 3.63) is 23.7 Å². The molecule has 0 aromatic carbocycles. The Morgan fingerprint density at radius 2 is 2.29 bits per heavy atom. The van der Waals surface area contributed by atoms with E-state index in [1.54, 1.807) is 12.4 Å². The largest absolute Gasteiger partial charge is 0.235 e. The molecule has 2 rings (SSSR count). The Morgan fingerprint density at radius 1 is 1.43 bits per heavy atom. The van der Waals surface area contributed by atoms with Crippen LogP contribution in [0.1, 0.15) is 11.3 Å². The van der Waals surface area contributed by atoms with Gasteiger partial charge < -0.3 is 0 Å². The summed E-state index contributed by atoms with van der Waals surface area (Å²) in [6.07, 6.45) is 3.39. The number of halogens is 1. The molecule has 5 nitrogen and oxygen atoms in total. The van der Waals surface area contributed by atoms with Crippen molar-refractivity contribution in [1.29, 1.82) is 0 Å². The molecule has 0 saturated carbocycles. The summed E-state index contributed by atoms with van der Waals surface area (Å²) < 4.78 is 0. The van der Waals surface area contributed by atoms with Crippen LogP contribution in [0.2, 0.25) is 0 Å². The summed E-state index contributed by atoms with van der Waals surface area (Å²) in [5, 5.41) is 10.9. The molecule has 0 amide bonds. The molecule has 2 aromatic heterocycles. The zero-order valence-electron chi connectivity index (χ0n) is 7.53. The average molecular weight is 254 g/mol. The first-order valence-corrected chi connectivity index (χ1v) is 5.18. The van der Waals surface area contributed by atoms with Gasteiger partial charge in [-0.3, -0.25) is 0 Å². The highest BCUT2D eigenvalue weighted by atomic mass is 79.9. The van der Waals surface area contributed by atoms with E-state index in [-0.39, 0.29) is 0 Å². The number of nitrogens with one attached hydrogen (secondary N) is 1. The Bertz CT molecular complexity index is 425. The lowest BCUT2D eigenvalue weighted by Gasteiger charge is -2.01. The Hall–Kier alpha value is -1.30. The van der Waals surface area contributed by atoms with Crippen molar-refractivity contribution in [2.24, 2.45) is 0 Å². The Balaban J connectivity index is 2.43. The lowest BCUT2D eigenvalue weighted by molar-refractivity contribution is 0.936. The second kappa shape index (κ2) is 3.83. The van der Waals surface area contributed by atoms with Crippen molar-refractivity contribution in [1.82, 2.24) is 25.4 Å². The summed E-state index contributed by atoms with van der Waals surface area (Å²) in [7, 11) is 0. The highest BCUT2D eigenvalue weighted by Crippen LogP contribution is 2.13. The quantitative estimate of drug-likeness (QED) is 0.824. The minimum absolute atomic E-state index is 0.598. The van der Waals surface area contributed by atoms with Gasteiger partial charge in [0.25, 0.3) is 0 Å². The first-order chi connectivity index (χ1) is 6.81. The molecule has 0 spiro atoms. The van der Waals surface area contributed by atoms with Crippen LogP contribution in [0.15, 0.2) is 12.4 Å². The molecule has 0 bridgehead atoms. The highest BCUT2D eigenvalue weighted by Gasteiger charge is 2.06. The van der Waals surface area contributed by atoms with Gasteiger partial charge in [0.2, 0.25) is 0 Å². The molecule has 0 unspecified atom stereocenters. The Labute approximate surface area is 89.1 Å². The fourth-order valence-corrected chi connectivity index (χ4v) is 1.61. The Kier molecular flexibility index (Phi) is 2.53. The van der Waals surface area contributed by atoms with Crippen LogP contribution >= 0.6 is 15.9 Å². The van der Waals surface area contributed by atoms with Gasteiger partial charge in [0.1, 0.15) is 5.69 Å². The van der Waals surface area contributed by atoms with Crippen LogP contribution in [-0.4, -0.2) is 25.4 Å². The number of rotatable bonds is 2. The second-order valence-electron chi connectivity index (χ2n) is 2.79. The molecule has 0 radical (unpaired) electrons. The smallest absolute Gasteiger partial charge is 0.181 e. The highest BCUT2D eigenvalue weighted by molar-refractivity contribution is 9.08. The second-order valence-corrected chi connectivity index (χ2v) is 3.35. The van der Waals surface area contributed by atoms with E-state index in [4.69, 9.17) is 0 Å². The summed E-state index contributed by atoms with van der Waals surface area (Å²) in [5.41, 5.74) is 2.70. The normalized spacial score (nSPS) is 10.4. The fraction of sp³-hybridized carbons (Fsp3) is 0.250. The van der Waals surface area contributed by atoms with E-state index < -0.39 is 0 Å². The van der Waals surface area contributed by atoms with Gasteiger partial charge in [0.15, 0.2) is 5.82 Å².